The van der Waals surface area contributed by atoms with E-state index in [9.17, 15) is 13.2 Å². The molecule has 1 aromatic rings. The number of alkyl halides is 3. The lowest BCUT2D eigenvalue weighted by molar-refractivity contribution is -0.247. The molecule has 1 aliphatic rings. The maximum absolute atomic E-state index is 12.4. The Hall–Kier alpha value is -1.27. The van der Waals surface area contributed by atoms with Gasteiger partial charge in [0.1, 0.15) is 0 Å². The van der Waals surface area contributed by atoms with Crippen molar-refractivity contribution in [1.82, 2.24) is 0 Å². The number of halogens is 3. The van der Waals surface area contributed by atoms with E-state index >= 15 is 0 Å². The van der Waals surface area contributed by atoms with Crippen LogP contribution in [0.4, 0.5) is 18.9 Å². The molecule has 1 aromatic carbocycles. The summed E-state index contributed by atoms with van der Waals surface area (Å²) in [6.07, 6.45) is -4.31. The number of hydrogen-bond acceptors (Lipinski definition) is 3. The summed E-state index contributed by atoms with van der Waals surface area (Å²) in [5, 5.41) is 3.08. The average Bonchev–Trinajstić information content (AvgIpc) is 2.31. The van der Waals surface area contributed by atoms with E-state index in [1.807, 2.05) is 13.8 Å². The molecule has 0 bridgehead atoms. The van der Waals surface area contributed by atoms with Crippen LogP contribution in [-0.4, -0.2) is 25.0 Å². The molecule has 0 aromatic heterocycles. The zero-order chi connectivity index (χ0) is 14.1. The molecule has 0 unspecified atom stereocenters. The Morgan fingerprint density at radius 3 is 2.11 bits per heavy atom. The van der Waals surface area contributed by atoms with Gasteiger partial charge in [0.05, 0.1) is 24.8 Å². The van der Waals surface area contributed by atoms with Crippen molar-refractivity contribution in [3.05, 3.63) is 29.8 Å². The molecule has 1 fully saturated rings. The van der Waals surface area contributed by atoms with E-state index in [-0.39, 0.29) is 6.04 Å². The lowest BCUT2D eigenvalue weighted by Gasteiger charge is -2.35. The third-order valence-corrected chi connectivity index (χ3v) is 2.85. The molecule has 0 spiro atoms. The molecule has 0 saturated carbocycles. The Morgan fingerprint density at radius 1 is 1.11 bits per heavy atom. The Balaban J connectivity index is 1.94. The van der Waals surface area contributed by atoms with Crippen LogP contribution in [-0.2, 0) is 15.7 Å². The molecule has 6 heteroatoms. The minimum Gasteiger partial charge on any atom is -0.378 e. The minimum atomic E-state index is -4.31. The summed E-state index contributed by atoms with van der Waals surface area (Å²) in [6.45, 7) is 4.55. The summed E-state index contributed by atoms with van der Waals surface area (Å²) in [6, 6.07) is 4.85. The molecular weight excluding hydrogens is 259 g/mol. The topological polar surface area (TPSA) is 30.5 Å². The molecule has 0 radical (unpaired) electrons. The van der Waals surface area contributed by atoms with Gasteiger partial charge in [0, 0.05) is 5.69 Å². The van der Waals surface area contributed by atoms with Gasteiger partial charge < -0.3 is 14.8 Å². The maximum Gasteiger partial charge on any atom is 0.416 e. The first kappa shape index (κ1) is 14.1. The van der Waals surface area contributed by atoms with E-state index < -0.39 is 17.5 Å². The number of anilines is 1. The smallest absolute Gasteiger partial charge is 0.378 e. The van der Waals surface area contributed by atoms with Gasteiger partial charge in [-0.1, -0.05) is 0 Å². The molecule has 106 valence electrons. The summed E-state index contributed by atoms with van der Waals surface area (Å²) >= 11 is 0. The van der Waals surface area contributed by atoms with Crippen LogP contribution in [0.2, 0.25) is 0 Å². The Labute approximate surface area is 109 Å². The van der Waals surface area contributed by atoms with Gasteiger partial charge in [-0.2, -0.15) is 13.2 Å². The van der Waals surface area contributed by atoms with Gasteiger partial charge in [0.15, 0.2) is 5.79 Å². The second kappa shape index (κ2) is 5.02. The van der Waals surface area contributed by atoms with Crippen molar-refractivity contribution in [2.45, 2.75) is 31.9 Å². The van der Waals surface area contributed by atoms with Gasteiger partial charge in [-0.05, 0) is 38.1 Å². The van der Waals surface area contributed by atoms with Crippen LogP contribution in [0, 0.1) is 0 Å². The van der Waals surface area contributed by atoms with Crippen molar-refractivity contribution in [3.63, 3.8) is 0 Å². The van der Waals surface area contributed by atoms with Crippen LogP contribution < -0.4 is 5.32 Å². The number of nitrogens with one attached hydrogen (secondary N) is 1. The van der Waals surface area contributed by atoms with Gasteiger partial charge in [-0.25, -0.2) is 0 Å². The number of hydrogen-bond donors (Lipinski definition) is 1. The molecule has 19 heavy (non-hydrogen) atoms. The van der Waals surface area contributed by atoms with Crippen molar-refractivity contribution in [2.75, 3.05) is 18.5 Å². The fourth-order valence-corrected chi connectivity index (χ4v) is 1.77. The van der Waals surface area contributed by atoms with Crippen LogP contribution in [0.25, 0.3) is 0 Å². The Morgan fingerprint density at radius 2 is 1.63 bits per heavy atom. The van der Waals surface area contributed by atoms with Crippen molar-refractivity contribution in [2.24, 2.45) is 0 Å². The quantitative estimate of drug-likeness (QED) is 0.898. The molecule has 3 nitrogen and oxygen atoms in total. The monoisotopic (exact) mass is 275 g/mol. The first-order valence-corrected chi connectivity index (χ1v) is 5.98. The van der Waals surface area contributed by atoms with Crippen LogP contribution in [0.3, 0.4) is 0 Å². The highest BCUT2D eigenvalue weighted by molar-refractivity contribution is 5.46. The van der Waals surface area contributed by atoms with E-state index in [2.05, 4.69) is 5.32 Å². The highest BCUT2D eigenvalue weighted by Crippen LogP contribution is 2.30. The molecule has 0 amide bonds. The highest BCUT2D eigenvalue weighted by atomic mass is 19.4. The molecule has 0 atom stereocenters. The molecule has 2 rings (SSSR count). The Bertz CT molecular complexity index is 419. The van der Waals surface area contributed by atoms with Crippen LogP contribution >= 0.6 is 0 Å². The SMILES string of the molecule is CC1(C)OCC(Nc2ccc(C(F)(F)F)cc2)CO1. The van der Waals surface area contributed by atoms with Crippen molar-refractivity contribution in [3.8, 4) is 0 Å². The van der Waals surface area contributed by atoms with Crippen LogP contribution in [0.15, 0.2) is 24.3 Å². The van der Waals surface area contributed by atoms with E-state index in [4.69, 9.17) is 9.47 Å². The second-order valence-electron chi connectivity index (χ2n) is 4.94. The standard InChI is InChI=1S/C13H16F3NO2/c1-12(2)18-7-11(8-19-12)17-10-5-3-9(4-6-10)13(14,15)16/h3-6,11,17H,7-8H2,1-2H3. The molecule has 1 aliphatic heterocycles. The molecule has 1 heterocycles. The summed E-state index contributed by atoms with van der Waals surface area (Å²) in [5.74, 6) is -0.599. The van der Waals surface area contributed by atoms with Gasteiger partial charge >= 0.3 is 6.18 Å². The second-order valence-corrected chi connectivity index (χ2v) is 4.94. The largest absolute Gasteiger partial charge is 0.416 e. The van der Waals surface area contributed by atoms with Crippen LogP contribution in [0.1, 0.15) is 19.4 Å². The van der Waals surface area contributed by atoms with Crippen LogP contribution in [0.5, 0.6) is 0 Å². The number of ether oxygens (including phenoxy) is 2. The van der Waals surface area contributed by atoms with E-state index in [1.165, 1.54) is 12.1 Å². The summed E-state index contributed by atoms with van der Waals surface area (Å²) in [7, 11) is 0. The predicted molar refractivity (Wildman–Crippen MR) is 64.8 cm³/mol. The fourth-order valence-electron chi connectivity index (χ4n) is 1.77. The summed E-state index contributed by atoms with van der Waals surface area (Å²) in [4.78, 5) is 0. The van der Waals surface area contributed by atoms with E-state index in [0.29, 0.717) is 18.9 Å². The van der Waals surface area contributed by atoms with E-state index in [0.717, 1.165) is 12.1 Å². The summed E-state index contributed by atoms with van der Waals surface area (Å²) < 4.78 is 48.1. The third-order valence-electron chi connectivity index (χ3n) is 2.85. The lowest BCUT2D eigenvalue weighted by Crippen LogP contribution is -2.45. The molecule has 1 saturated heterocycles. The number of benzene rings is 1. The minimum absolute atomic E-state index is 0.0650. The van der Waals surface area contributed by atoms with Crippen molar-refractivity contribution < 1.29 is 22.6 Å². The van der Waals surface area contributed by atoms with Gasteiger partial charge in [-0.15, -0.1) is 0 Å². The van der Waals surface area contributed by atoms with Gasteiger partial charge in [0.2, 0.25) is 0 Å². The lowest BCUT2D eigenvalue weighted by atomic mass is 10.2. The summed E-state index contributed by atoms with van der Waals surface area (Å²) in [5.41, 5.74) is -0.0415. The van der Waals surface area contributed by atoms with Crippen molar-refractivity contribution >= 4 is 5.69 Å². The van der Waals surface area contributed by atoms with Gasteiger partial charge in [-0.3, -0.25) is 0 Å². The zero-order valence-electron chi connectivity index (χ0n) is 10.8. The first-order valence-electron chi connectivity index (χ1n) is 5.98. The van der Waals surface area contributed by atoms with E-state index in [1.54, 1.807) is 0 Å². The maximum atomic E-state index is 12.4. The van der Waals surface area contributed by atoms with Crippen molar-refractivity contribution in [1.29, 1.82) is 0 Å². The fraction of sp³-hybridized carbons (Fsp3) is 0.538. The zero-order valence-corrected chi connectivity index (χ0v) is 10.8. The normalized spacial score (nSPS) is 20.3. The average molecular weight is 275 g/mol. The molecular formula is C13H16F3NO2. The van der Waals surface area contributed by atoms with Gasteiger partial charge in [0.25, 0.3) is 0 Å². The predicted octanol–water partition coefficient (Wildman–Crippen LogP) is 3.27. The molecule has 1 N–H and O–H groups in total. The Kier molecular flexibility index (Phi) is 3.73. The first-order chi connectivity index (χ1) is 8.76. The number of rotatable bonds is 2. The third kappa shape index (κ3) is 3.84. The molecule has 0 aliphatic carbocycles. The highest BCUT2D eigenvalue weighted by Gasteiger charge is 2.30.